The van der Waals surface area contributed by atoms with E-state index in [9.17, 15) is 22.0 Å². The first-order chi connectivity index (χ1) is 18.6. The second-order valence-corrected chi connectivity index (χ2v) is 11.6. The van der Waals surface area contributed by atoms with Gasteiger partial charge in [-0.25, -0.2) is 4.79 Å². The highest BCUT2D eigenvalue weighted by molar-refractivity contribution is 7.97. The Kier molecular flexibility index (Phi) is 10.6. The van der Waals surface area contributed by atoms with E-state index < -0.39 is 34.6 Å². The molecule has 0 aliphatic carbocycles. The number of benzene rings is 4. The molecule has 1 N–H and O–H groups in total. The number of carbonyl (C=O) groups excluding carboxylic acids is 1. The molecule has 0 aliphatic heterocycles. The molecule has 0 radical (unpaired) electrons. The van der Waals surface area contributed by atoms with Gasteiger partial charge in [0, 0.05) is 5.56 Å². The quantitative estimate of drug-likeness (QED) is 0.146. The van der Waals surface area contributed by atoms with Crippen LogP contribution in [-0.2, 0) is 30.5 Å². The zero-order chi connectivity index (χ0) is 28.3. The summed E-state index contributed by atoms with van der Waals surface area (Å²) in [5, 5.41) is -4.55. The molecule has 10 heteroatoms. The number of carbonyl (C=O) groups is 1. The minimum Gasteiger partial charge on any atom is -0.482 e. The van der Waals surface area contributed by atoms with Gasteiger partial charge < -0.3 is 9.47 Å². The van der Waals surface area contributed by atoms with Gasteiger partial charge in [0.05, 0.1) is 10.9 Å². The van der Waals surface area contributed by atoms with E-state index >= 15 is 0 Å². The number of ether oxygens (including phenoxy) is 2. The van der Waals surface area contributed by atoms with Gasteiger partial charge in [0.25, 0.3) is 0 Å². The van der Waals surface area contributed by atoms with Crippen molar-refractivity contribution >= 4 is 27.0 Å². The predicted molar refractivity (Wildman–Crippen MR) is 146 cm³/mol. The molecule has 0 heterocycles. The van der Waals surface area contributed by atoms with Gasteiger partial charge in [-0.05, 0) is 49.4 Å². The first-order valence-electron chi connectivity index (χ1n) is 11.7. The summed E-state index contributed by atoms with van der Waals surface area (Å²) in [7, 11) is -5.64. The third-order valence-corrected chi connectivity index (χ3v) is 8.41. The fourth-order valence-electron chi connectivity index (χ4n) is 3.23. The lowest BCUT2D eigenvalue weighted by Gasteiger charge is -2.13. The molecule has 4 rings (SSSR count). The van der Waals surface area contributed by atoms with E-state index in [2.05, 4.69) is 96.6 Å². The second kappa shape index (κ2) is 13.9. The summed E-state index contributed by atoms with van der Waals surface area (Å²) >= 11 is 0. The first kappa shape index (κ1) is 29.8. The molecule has 0 atom stereocenters. The molecule has 0 saturated heterocycles. The number of rotatable bonds is 9. The van der Waals surface area contributed by atoms with Crippen LogP contribution < -0.4 is 4.74 Å². The Morgan fingerprint density at radius 3 is 1.74 bits per heavy atom. The molecule has 4 aromatic rings. The fourth-order valence-corrected chi connectivity index (χ4v) is 5.68. The van der Waals surface area contributed by atoms with Gasteiger partial charge >= 0.3 is 21.3 Å². The Morgan fingerprint density at radius 1 is 0.795 bits per heavy atom. The van der Waals surface area contributed by atoms with E-state index in [4.69, 9.17) is 9.29 Å². The summed E-state index contributed by atoms with van der Waals surface area (Å²) in [5.74, 6) is -0.867. The van der Waals surface area contributed by atoms with Crippen molar-refractivity contribution in [2.75, 3.05) is 13.2 Å². The standard InChI is InChI=1S/C19H17S.C10H10F2O6S/c1-16-10-8-9-15-19(16)20(17-11-4-2-5-12-17)18-13-6-3-7-14-18;11-10(12,19(14,15)16)7-18-9(13)6-17-8-4-2-1-3-5-8/h2-15H,1H3;1-5H,6-7H2,(H,14,15,16)/q+1;. The van der Waals surface area contributed by atoms with Crippen LogP contribution in [0.2, 0.25) is 0 Å². The summed E-state index contributed by atoms with van der Waals surface area (Å²) in [6.07, 6.45) is 0. The Hall–Kier alpha value is -3.73. The zero-order valence-corrected chi connectivity index (χ0v) is 22.6. The number of halogens is 2. The van der Waals surface area contributed by atoms with Crippen molar-refractivity contribution in [3.05, 3.63) is 121 Å². The average molecular weight is 574 g/mol. The monoisotopic (exact) mass is 573 g/mol. The molecule has 0 unspecified atom stereocenters. The van der Waals surface area contributed by atoms with Crippen molar-refractivity contribution in [3.63, 3.8) is 0 Å². The summed E-state index contributed by atoms with van der Waals surface area (Å²) in [6.45, 7) is -0.240. The van der Waals surface area contributed by atoms with E-state index in [0.717, 1.165) is 0 Å². The normalized spacial score (nSPS) is 11.3. The van der Waals surface area contributed by atoms with Crippen LogP contribution in [0.4, 0.5) is 8.78 Å². The molecule has 0 aliphatic rings. The molecule has 4 aromatic carbocycles. The summed E-state index contributed by atoms with van der Waals surface area (Å²) in [4.78, 5) is 15.2. The van der Waals surface area contributed by atoms with Gasteiger partial charge in [0.2, 0.25) is 0 Å². The topological polar surface area (TPSA) is 89.9 Å². The molecule has 0 spiro atoms. The van der Waals surface area contributed by atoms with E-state index in [0.29, 0.717) is 5.75 Å². The molecule has 0 bridgehead atoms. The minimum absolute atomic E-state index is 0.0262. The lowest BCUT2D eigenvalue weighted by Crippen LogP contribution is -2.35. The Morgan fingerprint density at radius 2 is 1.26 bits per heavy atom. The largest absolute Gasteiger partial charge is 0.482 e. The van der Waals surface area contributed by atoms with Gasteiger partial charge in [-0.3, -0.25) is 4.55 Å². The number of alkyl halides is 2. The molecular weight excluding hydrogens is 546 g/mol. The molecule has 204 valence electrons. The van der Waals surface area contributed by atoms with Crippen LogP contribution >= 0.6 is 0 Å². The molecule has 0 saturated carbocycles. The number of esters is 1. The van der Waals surface area contributed by atoms with Gasteiger partial charge in [-0.1, -0.05) is 72.8 Å². The van der Waals surface area contributed by atoms with Crippen LogP contribution in [0.3, 0.4) is 0 Å². The number of aryl methyl sites for hydroxylation is 1. The van der Waals surface area contributed by atoms with Crippen molar-refractivity contribution in [3.8, 4) is 5.75 Å². The zero-order valence-electron chi connectivity index (χ0n) is 20.9. The van der Waals surface area contributed by atoms with Crippen molar-refractivity contribution in [1.29, 1.82) is 0 Å². The number of hydrogen-bond donors (Lipinski definition) is 1. The SMILES string of the molecule is Cc1ccccc1[S+](c1ccccc1)c1ccccc1.O=C(COc1ccccc1)OCC(F)(F)S(=O)(=O)O. The average Bonchev–Trinajstić information content (AvgIpc) is 2.93. The highest BCUT2D eigenvalue weighted by atomic mass is 32.2. The van der Waals surface area contributed by atoms with Crippen LogP contribution in [0.1, 0.15) is 5.56 Å². The van der Waals surface area contributed by atoms with E-state index in [1.807, 2.05) is 0 Å². The molecule has 0 fully saturated rings. The maximum Gasteiger partial charge on any atom is 0.402 e. The van der Waals surface area contributed by atoms with Crippen molar-refractivity contribution in [2.45, 2.75) is 26.9 Å². The van der Waals surface area contributed by atoms with Crippen molar-refractivity contribution < 1.29 is 36.0 Å². The van der Waals surface area contributed by atoms with Gasteiger partial charge in [0.15, 0.2) is 27.9 Å². The van der Waals surface area contributed by atoms with Gasteiger partial charge in [-0.15, -0.1) is 0 Å². The highest BCUT2D eigenvalue weighted by Crippen LogP contribution is 2.32. The minimum atomic E-state index is -5.62. The van der Waals surface area contributed by atoms with E-state index in [-0.39, 0.29) is 10.9 Å². The van der Waals surface area contributed by atoms with Crippen LogP contribution in [0.15, 0.2) is 130 Å². The maximum absolute atomic E-state index is 12.7. The summed E-state index contributed by atoms with van der Waals surface area (Å²) in [5.41, 5.74) is 1.35. The predicted octanol–water partition coefficient (Wildman–Crippen LogP) is 6.18. The smallest absolute Gasteiger partial charge is 0.402 e. The lowest BCUT2D eigenvalue weighted by molar-refractivity contribution is -0.151. The van der Waals surface area contributed by atoms with Gasteiger partial charge in [-0.2, -0.15) is 17.2 Å². The molecule has 39 heavy (non-hydrogen) atoms. The second-order valence-electron chi connectivity index (χ2n) is 8.07. The molecule has 6 nitrogen and oxygen atoms in total. The van der Waals surface area contributed by atoms with Crippen LogP contribution in [0.25, 0.3) is 0 Å². The van der Waals surface area contributed by atoms with Crippen molar-refractivity contribution in [1.82, 2.24) is 0 Å². The van der Waals surface area contributed by atoms with E-state index in [1.165, 1.54) is 32.4 Å². The molecular formula is C29H27F2O6S2+. The third-order valence-electron chi connectivity index (χ3n) is 5.15. The van der Waals surface area contributed by atoms with Crippen LogP contribution in [0.5, 0.6) is 5.75 Å². The summed E-state index contributed by atoms with van der Waals surface area (Å²) < 4.78 is 62.9. The van der Waals surface area contributed by atoms with Crippen LogP contribution in [-0.4, -0.2) is 37.4 Å². The number of hydrogen-bond acceptors (Lipinski definition) is 5. The fraction of sp³-hybridized carbons (Fsp3) is 0.138. The Labute approximate surface area is 229 Å². The van der Waals surface area contributed by atoms with Crippen LogP contribution in [0, 0.1) is 6.92 Å². The highest BCUT2D eigenvalue weighted by Gasteiger charge is 2.45. The Bertz CT molecular complexity index is 1400. The van der Waals surface area contributed by atoms with E-state index in [1.54, 1.807) is 18.2 Å². The number of para-hydroxylation sites is 1. The van der Waals surface area contributed by atoms with Crippen molar-refractivity contribution in [2.24, 2.45) is 0 Å². The molecule has 0 amide bonds. The Balaban J connectivity index is 0.000000216. The maximum atomic E-state index is 12.7. The first-order valence-corrected chi connectivity index (χ1v) is 14.3. The van der Waals surface area contributed by atoms with Gasteiger partial charge in [0.1, 0.15) is 5.75 Å². The lowest BCUT2D eigenvalue weighted by atomic mass is 10.2. The third kappa shape index (κ3) is 8.91. The molecule has 0 aromatic heterocycles. The summed E-state index contributed by atoms with van der Waals surface area (Å²) in [6, 6.07) is 38.3.